The van der Waals surface area contributed by atoms with E-state index in [1.54, 1.807) is 6.20 Å². The molecule has 0 aromatic rings. The summed E-state index contributed by atoms with van der Waals surface area (Å²) in [5.41, 5.74) is 0.820. The number of hydrogen-bond donors (Lipinski definition) is 0. The standard InChI is InChI=1S/C9H16N2/c1-6-7-10-11-8(2)9(3,4)5/h6-7H,2H2,1,3-5H3/b7-6-,11-10-. The second-order valence-corrected chi connectivity index (χ2v) is 3.39. The van der Waals surface area contributed by atoms with Gasteiger partial charge in [0.05, 0.1) is 5.70 Å². The molecular formula is C9H16N2. The van der Waals surface area contributed by atoms with Crippen molar-refractivity contribution in [1.29, 1.82) is 0 Å². The normalized spacial score (nSPS) is 13.1. The van der Waals surface area contributed by atoms with Gasteiger partial charge in [-0.25, -0.2) is 0 Å². The molecule has 0 bridgehead atoms. The Hall–Kier alpha value is -0.920. The molecule has 0 amide bonds. The van der Waals surface area contributed by atoms with Crippen molar-refractivity contribution >= 4 is 0 Å². The maximum atomic E-state index is 3.93. The highest BCUT2D eigenvalue weighted by Gasteiger charge is 2.13. The van der Waals surface area contributed by atoms with Crippen molar-refractivity contribution in [2.75, 3.05) is 0 Å². The Balaban J connectivity index is 4.08. The molecule has 0 N–H and O–H groups in total. The van der Waals surface area contributed by atoms with Gasteiger partial charge in [-0.05, 0) is 6.92 Å². The summed E-state index contributed by atoms with van der Waals surface area (Å²) < 4.78 is 0. The van der Waals surface area contributed by atoms with E-state index in [-0.39, 0.29) is 5.41 Å². The molecule has 0 aromatic heterocycles. The van der Waals surface area contributed by atoms with Crippen LogP contribution in [0.4, 0.5) is 0 Å². The summed E-state index contributed by atoms with van der Waals surface area (Å²) in [5, 5.41) is 7.73. The Bertz CT molecular complexity index is 182. The summed E-state index contributed by atoms with van der Waals surface area (Å²) in [4.78, 5) is 0. The van der Waals surface area contributed by atoms with Crippen molar-refractivity contribution in [2.24, 2.45) is 15.6 Å². The highest BCUT2D eigenvalue weighted by atomic mass is 15.1. The molecule has 0 aliphatic heterocycles. The van der Waals surface area contributed by atoms with E-state index < -0.39 is 0 Å². The van der Waals surface area contributed by atoms with Crippen LogP contribution in [0.5, 0.6) is 0 Å². The van der Waals surface area contributed by atoms with Crippen LogP contribution in [0.2, 0.25) is 0 Å². The Morgan fingerprint density at radius 3 is 2.27 bits per heavy atom. The molecule has 0 unspecified atom stereocenters. The second kappa shape index (κ2) is 4.06. The fourth-order valence-corrected chi connectivity index (χ4v) is 0.320. The molecule has 0 rings (SSSR count). The van der Waals surface area contributed by atoms with Crippen molar-refractivity contribution in [1.82, 2.24) is 0 Å². The summed E-state index contributed by atoms with van der Waals surface area (Å²) in [6.07, 6.45) is 3.48. The van der Waals surface area contributed by atoms with E-state index in [2.05, 4.69) is 37.6 Å². The van der Waals surface area contributed by atoms with E-state index in [4.69, 9.17) is 0 Å². The lowest BCUT2D eigenvalue weighted by Gasteiger charge is -2.15. The van der Waals surface area contributed by atoms with Gasteiger partial charge in [-0.3, -0.25) is 0 Å². The third-order valence-corrected chi connectivity index (χ3v) is 1.26. The lowest BCUT2D eigenvalue weighted by atomic mass is 9.94. The zero-order chi connectivity index (χ0) is 8.91. The minimum atomic E-state index is 0.0189. The third-order valence-electron chi connectivity index (χ3n) is 1.26. The molecule has 0 aliphatic carbocycles. The van der Waals surface area contributed by atoms with Gasteiger partial charge in [-0.15, -0.1) is 0 Å². The molecule has 0 heterocycles. The van der Waals surface area contributed by atoms with Crippen molar-refractivity contribution < 1.29 is 0 Å². The van der Waals surface area contributed by atoms with E-state index in [1.807, 2.05) is 13.0 Å². The van der Waals surface area contributed by atoms with E-state index in [9.17, 15) is 0 Å². The predicted molar refractivity (Wildman–Crippen MR) is 48.3 cm³/mol. The first-order valence-corrected chi connectivity index (χ1v) is 3.70. The van der Waals surface area contributed by atoms with Crippen molar-refractivity contribution in [3.05, 3.63) is 24.6 Å². The number of azo groups is 1. The van der Waals surface area contributed by atoms with Crippen LogP contribution in [0.1, 0.15) is 27.7 Å². The van der Waals surface area contributed by atoms with Crippen LogP contribution in [0, 0.1) is 5.41 Å². The van der Waals surface area contributed by atoms with Crippen molar-refractivity contribution in [3.8, 4) is 0 Å². The Labute approximate surface area is 68.7 Å². The van der Waals surface area contributed by atoms with Crippen LogP contribution in [0.15, 0.2) is 34.8 Å². The van der Waals surface area contributed by atoms with Crippen LogP contribution >= 0.6 is 0 Å². The molecule has 0 atom stereocenters. The van der Waals surface area contributed by atoms with Gasteiger partial charge in [0, 0.05) is 11.6 Å². The van der Waals surface area contributed by atoms with Crippen LogP contribution in [-0.4, -0.2) is 0 Å². The first kappa shape index (κ1) is 10.1. The van der Waals surface area contributed by atoms with Gasteiger partial charge in [-0.2, -0.15) is 10.2 Å². The lowest BCUT2D eigenvalue weighted by Crippen LogP contribution is -2.05. The monoisotopic (exact) mass is 152 g/mol. The lowest BCUT2D eigenvalue weighted by molar-refractivity contribution is 0.494. The average Bonchev–Trinajstić information content (AvgIpc) is 1.86. The fourth-order valence-electron chi connectivity index (χ4n) is 0.320. The highest BCUT2D eigenvalue weighted by molar-refractivity contribution is 5.01. The maximum Gasteiger partial charge on any atom is 0.0612 e. The molecule has 2 nitrogen and oxygen atoms in total. The SMILES string of the molecule is C=C(/N=N\C=C/C)C(C)(C)C. The van der Waals surface area contributed by atoms with Gasteiger partial charge in [0.15, 0.2) is 0 Å². The molecule has 0 saturated carbocycles. The highest BCUT2D eigenvalue weighted by Crippen LogP contribution is 2.24. The molecule has 0 aromatic carbocycles. The summed E-state index contributed by atoms with van der Waals surface area (Å²) in [6.45, 7) is 11.9. The van der Waals surface area contributed by atoms with Crippen LogP contribution < -0.4 is 0 Å². The zero-order valence-corrected chi connectivity index (χ0v) is 7.76. The van der Waals surface area contributed by atoms with Gasteiger partial charge in [0.1, 0.15) is 0 Å². The summed E-state index contributed by atoms with van der Waals surface area (Å²) >= 11 is 0. The number of allylic oxidation sites excluding steroid dienone is 2. The van der Waals surface area contributed by atoms with Crippen molar-refractivity contribution in [3.63, 3.8) is 0 Å². The Morgan fingerprint density at radius 1 is 1.36 bits per heavy atom. The number of rotatable bonds is 2. The molecule has 11 heavy (non-hydrogen) atoms. The van der Waals surface area contributed by atoms with E-state index in [1.165, 1.54) is 0 Å². The summed E-state index contributed by atoms with van der Waals surface area (Å²) in [5.74, 6) is 0. The number of nitrogens with zero attached hydrogens (tertiary/aromatic N) is 2. The first-order chi connectivity index (χ1) is 4.98. The average molecular weight is 152 g/mol. The molecular weight excluding hydrogens is 136 g/mol. The van der Waals surface area contributed by atoms with Gasteiger partial charge in [0.2, 0.25) is 0 Å². The molecule has 2 heteroatoms. The topological polar surface area (TPSA) is 24.7 Å². The zero-order valence-electron chi connectivity index (χ0n) is 7.76. The maximum absolute atomic E-state index is 3.93. The molecule has 0 aliphatic rings. The minimum absolute atomic E-state index is 0.0189. The largest absolute Gasteiger partial charge is 0.159 e. The third kappa shape index (κ3) is 4.48. The quantitative estimate of drug-likeness (QED) is 0.541. The van der Waals surface area contributed by atoms with Gasteiger partial charge in [0.25, 0.3) is 0 Å². The van der Waals surface area contributed by atoms with Crippen LogP contribution in [0.25, 0.3) is 0 Å². The summed E-state index contributed by atoms with van der Waals surface area (Å²) in [6, 6.07) is 0. The predicted octanol–water partition coefficient (Wildman–Crippen LogP) is 3.53. The van der Waals surface area contributed by atoms with Crippen LogP contribution in [0.3, 0.4) is 0 Å². The first-order valence-electron chi connectivity index (χ1n) is 3.70. The van der Waals surface area contributed by atoms with Gasteiger partial charge >= 0.3 is 0 Å². The molecule has 0 radical (unpaired) electrons. The summed E-state index contributed by atoms with van der Waals surface area (Å²) in [7, 11) is 0. The molecule has 0 saturated heterocycles. The molecule has 0 fully saturated rings. The van der Waals surface area contributed by atoms with Crippen LogP contribution in [-0.2, 0) is 0 Å². The van der Waals surface area contributed by atoms with Crippen molar-refractivity contribution in [2.45, 2.75) is 27.7 Å². The fraction of sp³-hybridized carbons (Fsp3) is 0.556. The van der Waals surface area contributed by atoms with Gasteiger partial charge < -0.3 is 0 Å². The number of hydrogen-bond acceptors (Lipinski definition) is 2. The molecule has 0 spiro atoms. The van der Waals surface area contributed by atoms with E-state index >= 15 is 0 Å². The molecule has 62 valence electrons. The second-order valence-electron chi connectivity index (χ2n) is 3.39. The smallest absolute Gasteiger partial charge is 0.0612 e. The Kier molecular flexibility index (Phi) is 3.72. The minimum Gasteiger partial charge on any atom is -0.159 e. The van der Waals surface area contributed by atoms with E-state index in [0.29, 0.717) is 0 Å². The van der Waals surface area contributed by atoms with E-state index in [0.717, 1.165) is 5.70 Å². The Morgan fingerprint density at radius 2 is 1.91 bits per heavy atom. The van der Waals surface area contributed by atoms with Gasteiger partial charge in [-0.1, -0.05) is 33.4 Å².